The molecule has 6 nitrogen and oxygen atoms in total. The highest BCUT2D eigenvalue weighted by atomic mass is 16.5. The maximum absolute atomic E-state index is 5.35. The van der Waals surface area contributed by atoms with Crippen LogP contribution < -0.4 is 20.3 Å². The highest BCUT2D eigenvalue weighted by molar-refractivity contribution is 5.79. The highest BCUT2D eigenvalue weighted by Gasteiger charge is 2.24. The van der Waals surface area contributed by atoms with E-state index in [2.05, 4.69) is 50.5 Å². The van der Waals surface area contributed by atoms with Gasteiger partial charge >= 0.3 is 0 Å². The molecule has 2 saturated heterocycles. The first-order valence-corrected chi connectivity index (χ1v) is 10.3. The lowest BCUT2D eigenvalue weighted by Crippen LogP contribution is -2.46. The third kappa shape index (κ3) is 5.28. The van der Waals surface area contributed by atoms with Crippen molar-refractivity contribution < 1.29 is 4.74 Å². The lowest BCUT2D eigenvalue weighted by atomic mass is 10.1. The maximum atomic E-state index is 5.35. The van der Waals surface area contributed by atoms with Crippen molar-refractivity contribution in [2.75, 3.05) is 58.3 Å². The van der Waals surface area contributed by atoms with Crippen LogP contribution in [0, 0.1) is 5.92 Å². The molecule has 0 aliphatic carbocycles. The number of nitrogens with one attached hydrogen (secondary N) is 2. The molecule has 3 rings (SSSR count). The summed E-state index contributed by atoms with van der Waals surface area (Å²) < 4.78 is 5.35. The Kier molecular flexibility index (Phi) is 7.21. The van der Waals surface area contributed by atoms with E-state index in [4.69, 9.17) is 4.74 Å². The number of guanidine groups is 1. The molecule has 2 aliphatic rings. The molecule has 1 aromatic carbocycles. The molecule has 0 spiro atoms. The molecule has 27 heavy (non-hydrogen) atoms. The van der Waals surface area contributed by atoms with Gasteiger partial charge in [0.2, 0.25) is 0 Å². The molecule has 2 heterocycles. The van der Waals surface area contributed by atoms with Gasteiger partial charge in [0.1, 0.15) is 5.75 Å². The monoisotopic (exact) mass is 373 g/mol. The number of likely N-dealkylation sites (tertiary alicyclic amines) is 1. The molecular formula is C21H35N5O. The summed E-state index contributed by atoms with van der Waals surface area (Å²) in [6.45, 7) is 8.73. The normalized spacial score (nSPS) is 23.7. The number of anilines is 1. The van der Waals surface area contributed by atoms with Crippen molar-refractivity contribution in [3.8, 4) is 5.75 Å². The predicted molar refractivity (Wildman–Crippen MR) is 113 cm³/mol. The Bertz CT molecular complexity index is 620. The zero-order chi connectivity index (χ0) is 19.1. The largest absolute Gasteiger partial charge is 0.497 e. The van der Waals surface area contributed by atoms with Crippen LogP contribution in [0.5, 0.6) is 5.75 Å². The number of hydrogen-bond acceptors (Lipinski definition) is 4. The Morgan fingerprint density at radius 3 is 2.85 bits per heavy atom. The fourth-order valence-corrected chi connectivity index (χ4v) is 4.26. The minimum absolute atomic E-state index is 0.633. The van der Waals surface area contributed by atoms with E-state index in [1.807, 2.05) is 13.1 Å². The Hall–Kier alpha value is -1.95. The van der Waals surface area contributed by atoms with Crippen molar-refractivity contribution in [2.24, 2.45) is 10.9 Å². The zero-order valence-electron chi connectivity index (χ0n) is 17.1. The summed E-state index contributed by atoms with van der Waals surface area (Å²) in [4.78, 5) is 9.41. The molecule has 2 aliphatic heterocycles. The van der Waals surface area contributed by atoms with E-state index in [1.165, 1.54) is 31.5 Å². The first-order valence-electron chi connectivity index (χ1n) is 10.3. The molecule has 150 valence electrons. The third-order valence-corrected chi connectivity index (χ3v) is 5.90. The second-order valence-electron chi connectivity index (χ2n) is 7.56. The van der Waals surface area contributed by atoms with E-state index in [9.17, 15) is 0 Å². The second kappa shape index (κ2) is 9.83. The van der Waals surface area contributed by atoms with Gasteiger partial charge in [0, 0.05) is 51.0 Å². The Labute approximate surface area is 164 Å². The summed E-state index contributed by atoms with van der Waals surface area (Å²) in [7, 11) is 3.58. The average molecular weight is 374 g/mol. The van der Waals surface area contributed by atoms with E-state index >= 15 is 0 Å². The van der Waals surface area contributed by atoms with Gasteiger partial charge in [-0.3, -0.25) is 9.89 Å². The van der Waals surface area contributed by atoms with Crippen LogP contribution in [0.2, 0.25) is 0 Å². The first-order chi connectivity index (χ1) is 13.2. The standard InChI is InChI=1S/C21H35N5O/c1-4-25-11-6-8-19(25)15-24-21(22-2)23-14-17-10-12-26(16-17)18-7-5-9-20(13-18)27-3/h5,7,9,13,17,19H,4,6,8,10-12,14-16H2,1-3H3,(H2,22,23,24). The molecule has 6 heteroatoms. The van der Waals surface area contributed by atoms with Crippen LogP contribution in [-0.2, 0) is 0 Å². The van der Waals surface area contributed by atoms with Gasteiger partial charge in [0.25, 0.3) is 0 Å². The molecule has 2 fully saturated rings. The smallest absolute Gasteiger partial charge is 0.191 e. The third-order valence-electron chi connectivity index (χ3n) is 5.90. The van der Waals surface area contributed by atoms with Crippen molar-refractivity contribution in [3.63, 3.8) is 0 Å². The molecule has 1 aromatic rings. The Morgan fingerprint density at radius 1 is 1.22 bits per heavy atom. The molecular weight excluding hydrogens is 338 g/mol. The van der Waals surface area contributed by atoms with Crippen LogP contribution in [0.4, 0.5) is 5.69 Å². The lowest BCUT2D eigenvalue weighted by Gasteiger charge is -2.24. The van der Waals surface area contributed by atoms with Crippen molar-refractivity contribution >= 4 is 11.6 Å². The minimum Gasteiger partial charge on any atom is -0.497 e. The van der Waals surface area contributed by atoms with E-state index in [0.717, 1.165) is 44.4 Å². The zero-order valence-corrected chi connectivity index (χ0v) is 17.1. The number of nitrogens with zero attached hydrogens (tertiary/aromatic N) is 3. The molecule has 0 amide bonds. The van der Waals surface area contributed by atoms with Crippen molar-refractivity contribution in [3.05, 3.63) is 24.3 Å². The fourth-order valence-electron chi connectivity index (χ4n) is 4.26. The van der Waals surface area contributed by atoms with Gasteiger partial charge in [-0.05, 0) is 50.4 Å². The van der Waals surface area contributed by atoms with Gasteiger partial charge in [0.15, 0.2) is 5.96 Å². The summed E-state index contributed by atoms with van der Waals surface area (Å²) >= 11 is 0. The van der Waals surface area contributed by atoms with Crippen molar-refractivity contribution in [1.82, 2.24) is 15.5 Å². The van der Waals surface area contributed by atoms with E-state index < -0.39 is 0 Å². The molecule has 0 aromatic heterocycles. The van der Waals surface area contributed by atoms with Gasteiger partial charge < -0.3 is 20.3 Å². The minimum atomic E-state index is 0.633. The van der Waals surface area contributed by atoms with Gasteiger partial charge in [-0.2, -0.15) is 0 Å². The molecule has 0 radical (unpaired) electrons. The van der Waals surface area contributed by atoms with Crippen LogP contribution in [0.3, 0.4) is 0 Å². The van der Waals surface area contributed by atoms with Crippen LogP contribution in [0.25, 0.3) is 0 Å². The molecule has 0 bridgehead atoms. The number of methoxy groups -OCH3 is 1. The number of likely N-dealkylation sites (N-methyl/N-ethyl adjacent to an activating group) is 1. The van der Waals surface area contributed by atoms with Crippen LogP contribution in [0.15, 0.2) is 29.3 Å². The summed E-state index contributed by atoms with van der Waals surface area (Å²) in [5.74, 6) is 2.48. The highest BCUT2D eigenvalue weighted by Crippen LogP contribution is 2.26. The maximum Gasteiger partial charge on any atom is 0.191 e. The van der Waals surface area contributed by atoms with Gasteiger partial charge in [-0.25, -0.2) is 0 Å². The van der Waals surface area contributed by atoms with E-state index in [-0.39, 0.29) is 0 Å². The van der Waals surface area contributed by atoms with Crippen LogP contribution in [0.1, 0.15) is 26.2 Å². The summed E-state index contributed by atoms with van der Waals surface area (Å²) in [5.41, 5.74) is 1.25. The van der Waals surface area contributed by atoms with Crippen LogP contribution >= 0.6 is 0 Å². The van der Waals surface area contributed by atoms with Crippen LogP contribution in [-0.4, -0.2) is 70.3 Å². The van der Waals surface area contributed by atoms with Crippen molar-refractivity contribution in [1.29, 1.82) is 0 Å². The summed E-state index contributed by atoms with van der Waals surface area (Å²) in [5, 5.41) is 7.06. The predicted octanol–water partition coefficient (Wildman–Crippen LogP) is 2.17. The number of ether oxygens (including phenoxy) is 1. The van der Waals surface area contributed by atoms with Gasteiger partial charge in [0.05, 0.1) is 7.11 Å². The SMILES string of the molecule is CCN1CCCC1CNC(=NC)NCC1CCN(c2cccc(OC)c2)C1. The van der Waals surface area contributed by atoms with E-state index in [0.29, 0.717) is 12.0 Å². The Balaban J connectivity index is 1.42. The molecule has 0 saturated carbocycles. The molecule has 2 unspecified atom stereocenters. The second-order valence-corrected chi connectivity index (χ2v) is 7.56. The van der Waals surface area contributed by atoms with E-state index in [1.54, 1.807) is 7.11 Å². The number of hydrogen-bond donors (Lipinski definition) is 2. The topological polar surface area (TPSA) is 52.1 Å². The van der Waals surface area contributed by atoms with Gasteiger partial charge in [-0.1, -0.05) is 13.0 Å². The van der Waals surface area contributed by atoms with Gasteiger partial charge in [-0.15, -0.1) is 0 Å². The fraction of sp³-hybridized carbons (Fsp3) is 0.667. The van der Waals surface area contributed by atoms with Crippen molar-refractivity contribution in [2.45, 2.75) is 32.2 Å². The Morgan fingerprint density at radius 2 is 2.07 bits per heavy atom. The number of rotatable bonds is 7. The number of benzene rings is 1. The average Bonchev–Trinajstić information content (AvgIpc) is 3.37. The quantitative estimate of drug-likeness (QED) is 0.567. The lowest BCUT2D eigenvalue weighted by molar-refractivity contribution is 0.267. The number of aliphatic imine (C=N–C) groups is 1. The summed E-state index contributed by atoms with van der Waals surface area (Å²) in [6.07, 6.45) is 3.80. The molecule has 2 N–H and O–H groups in total. The first kappa shape index (κ1) is 19.8. The summed E-state index contributed by atoms with van der Waals surface area (Å²) in [6, 6.07) is 8.99. The molecule has 2 atom stereocenters.